The molecule has 168 valence electrons. The van der Waals surface area contributed by atoms with E-state index in [0.717, 1.165) is 12.8 Å². The van der Waals surface area contributed by atoms with E-state index in [1.54, 1.807) is 36.9 Å². The second-order valence-corrected chi connectivity index (χ2v) is 11.6. The van der Waals surface area contributed by atoms with Gasteiger partial charge in [0.15, 0.2) is 0 Å². The van der Waals surface area contributed by atoms with Gasteiger partial charge in [0.05, 0.1) is 4.90 Å². The standard InChI is InChI=1S/C19H30N4O5S2/c1-16(2)18(20-29(25,26)17-8-4-3-5-9-17)19(24)21-12-14-23(15-13-21)30(27,28)22-10-6-7-11-22/h3-5,8-9,16,18,20H,6-7,10-15H2,1-2H3. The molecule has 1 unspecified atom stereocenters. The van der Waals surface area contributed by atoms with E-state index >= 15 is 0 Å². The van der Waals surface area contributed by atoms with Gasteiger partial charge in [0.2, 0.25) is 15.9 Å². The third kappa shape index (κ3) is 5.02. The minimum Gasteiger partial charge on any atom is -0.339 e. The highest BCUT2D eigenvalue weighted by Gasteiger charge is 2.37. The number of amides is 1. The molecule has 2 saturated heterocycles. The van der Waals surface area contributed by atoms with Crippen LogP contribution in [0.15, 0.2) is 35.2 Å². The fraction of sp³-hybridized carbons (Fsp3) is 0.632. The van der Waals surface area contributed by atoms with Crippen molar-refractivity contribution in [1.29, 1.82) is 0 Å². The van der Waals surface area contributed by atoms with Crippen LogP contribution in [0.4, 0.5) is 0 Å². The van der Waals surface area contributed by atoms with E-state index in [1.807, 2.05) is 0 Å². The summed E-state index contributed by atoms with van der Waals surface area (Å²) in [6.45, 7) is 5.54. The zero-order valence-electron chi connectivity index (χ0n) is 17.4. The Bertz CT molecular complexity index is 936. The van der Waals surface area contributed by atoms with Crippen LogP contribution in [0.5, 0.6) is 0 Å². The molecule has 2 aliphatic heterocycles. The second kappa shape index (κ2) is 9.31. The Morgan fingerprint density at radius 1 is 0.867 bits per heavy atom. The molecule has 0 saturated carbocycles. The van der Waals surface area contributed by atoms with Crippen LogP contribution in [0.1, 0.15) is 26.7 Å². The quantitative estimate of drug-likeness (QED) is 0.639. The molecule has 0 radical (unpaired) electrons. The molecule has 9 nitrogen and oxygen atoms in total. The number of nitrogens with one attached hydrogen (secondary N) is 1. The molecule has 0 aromatic heterocycles. The fourth-order valence-corrected chi connectivity index (χ4v) is 6.75. The van der Waals surface area contributed by atoms with Gasteiger partial charge in [0, 0.05) is 39.3 Å². The van der Waals surface area contributed by atoms with Gasteiger partial charge in [-0.05, 0) is 30.9 Å². The molecule has 1 amide bonds. The summed E-state index contributed by atoms with van der Waals surface area (Å²) in [5.74, 6) is -0.593. The maximum atomic E-state index is 13.1. The first-order valence-corrected chi connectivity index (χ1v) is 13.1. The average molecular weight is 459 g/mol. The van der Waals surface area contributed by atoms with Crippen LogP contribution < -0.4 is 4.72 Å². The third-order valence-corrected chi connectivity index (χ3v) is 9.03. The van der Waals surface area contributed by atoms with Gasteiger partial charge >= 0.3 is 0 Å². The van der Waals surface area contributed by atoms with Crippen molar-refractivity contribution in [2.24, 2.45) is 5.92 Å². The first kappa shape index (κ1) is 23.1. The van der Waals surface area contributed by atoms with Gasteiger partial charge in [0.25, 0.3) is 10.2 Å². The lowest BCUT2D eigenvalue weighted by Gasteiger charge is -2.37. The number of benzene rings is 1. The first-order valence-electron chi connectivity index (χ1n) is 10.2. The predicted molar refractivity (Wildman–Crippen MR) is 113 cm³/mol. The Hall–Kier alpha value is -1.53. The molecule has 2 fully saturated rings. The molecule has 2 heterocycles. The summed E-state index contributed by atoms with van der Waals surface area (Å²) in [5.41, 5.74) is 0. The molecule has 1 aromatic carbocycles. The molecule has 1 N–H and O–H groups in total. The second-order valence-electron chi connectivity index (χ2n) is 7.99. The monoisotopic (exact) mass is 458 g/mol. The van der Waals surface area contributed by atoms with Gasteiger partial charge in [-0.1, -0.05) is 32.0 Å². The van der Waals surface area contributed by atoms with Gasteiger partial charge in [-0.25, -0.2) is 8.42 Å². The highest BCUT2D eigenvalue weighted by molar-refractivity contribution is 7.89. The smallest absolute Gasteiger partial charge is 0.282 e. The first-order chi connectivity index (χ1) is 14.1. The number of hydrogen-bond acceptors (Lipinski definition) is 5. The number of hydrogen-bond donors (Lipinski definition) is 1. The molecule has 3 rings (SSSR count). The maximum absolute atomic E-state index is 13.1. The zero-order chi connectivity index (χ0) is 21.9. The van der Waals surface area contributed by atoms with Crippen molar-refractivity contribution in [2.75, 3.05) is 39.3 Å². The Morgan fingerprint density at radius 3 is 1.93 bits per heavy atom. The molecule has 30 heavy (non-hydrogen) atoms. The van der Waals surface area contributed by atoms with Crippen LogP contribution in [0, 0.1) is 5.92 Å². The van der Waals surface area contributed by atoms with Crippen LogP contribution >= 0.6 is 0 Å². The van der Waals surface area contributed by atoms with Crippen molar-refractivity contribution in [3.63, 3.8) is 0 Å². The summed E-state index contributed by atoms with van der Waals surface area (Å²) in [7, 11) is -7.34. The van der Waals surface area contributed by atoms with Crippen LogP contribution in [-0.4, -0.2) is 81.6 Å². The summed E-state index contributed by atoms with van der Waals surface area (Å²) < 4.78 is 56.2. The van der Waals surface area contributed by atoms with Gasteiger partial charge in [-0.15, -0.1) is 0 Å². The normalized spacial score (nSPS) is 20.6. The van der Waals surface area contributed by atoms with Crippen molar-refractivity contribution < 1.29 is 21.6 Å². The summed E-state index contributed by atoms with van der Waals surface area (Å²) in [6, 6.07) is 7.01. The number of piperazine rings is 1. The average Bonchev–Trinajstić information content (AvgIpc) is 3.28. The molecule has 2 aliphatic rings. The van der Waals surface area contributed by atoms with Gasteiger partial charge in [-0.2, -0.15) is 21.8 Å². The van der Waals surface area contributed by atoms with Crippen LogP contribution in [-0.2, 0) is 25.0 Å². The topological polar surface area (TPSA) is 107 Å². The molecule has 0 spiro atoms. The molecule has 1 aromatic rings. The Balaban J connectivity index is 1.66. The third-order valence-electron chi connectivity index (χ3n) is 5.54. The summed E-state index contributed by atoms with van der Waals surface area (Å²) in [4.78, 5) is 14.7. The van der Waals surface area contributed by atoms with E-state index in [1.165, 1.54) is 20.7 Å². The van der Waals surface area contributed by atoms with Crippen molar-refractivity contribution in [3.8, 4) is 0 Å². The van der Waals surface area contributed by atoms with E-state index < -0.39 is 26.3 Å². The minimum absolute atomic E-state index is 0.102. The number of nitrogens with zero attached hydrogens (tertiary/aromatic N) is 3. The minimum atomic E-state index is -3.84. The van der Waals surface area contributed by atoms with Crippen LogP contribution in [0.2, 0.25) is 0 Å². The largest absolute Gasteiger partial charge is 0.339 e. The lowest BCUT2D eigenvalue weighted by Crippen LogP contribution is -2.58. The van der Waals surface area contributed by atoms with E-state index in [0.29, 0.717) is 13.1 Å². The van der Waals surface area contributed by atoms with Crippen molar-refractivity contribution in [2.45, 2.75) is 37.6 Å². The van der Waals surface area contributed by atoms with Gasteiger partial charge in [-0.3, -0.25) is 4.79 Å². The van der Waals surface area contributed by atoms with E-state index in [4.69, 9.17) is 0 Å². The number of carbonyl (C=O) groups is 1. The van der Waals surface area contributed by atoms with E-state index in [9.17, 15) is 21.6 Å². The summed E-state index contributed by atoms with van der Waals surface area (Å²) >= 11 is 0. The summed E-state index contributed by atoms with van der Waals surface area (Å²) in [5, 5.41) is 0. The molecule has 0 bridgehead atoms. The van der Waals surface area contributed by atoms with Crippen molar-refractivity contribution >= 4 is 26.1 Å². The Morgan fingerprint density at radius 2 is 1.40 bits per heavy atom. The molecular weight excluding hydrogens is 428 g/mol. The van der Waals surface area contributed by atoms with Crippen LogP contribution in [0.25, 0.3) is 0 Å². The van der Waals surface area contributed by atoms with Crippen molar-refractivity contribution in [1.82, 2.24) is 18.2 Å². The number of sulfonamides is 1. The summed E-state index contributed by atoms with van der Waals surface area (Å²) in [6.07, 6.45) is 1.74. The molecule has 11 heteroatoms. The van der Waals surface area contributed by atoms with Gasteiger partial charge in [0.1, 0.15) is 6.04 Å². The molecular formula is C19H30N4O5S2. The lowest BCUT2D eigenvalue weighted by atomic mass is 10.0. The maximum Gasteiger partial charge on any atom is 0.282 e. The van der Waals surface area contributed by atoms with Crippen molar-refractivity contribution in [3.05, 3.63) is 30.3 Å². The van der Waals surface area contributed by atoms with E-state index in [-0.39, 0.29) is 42.9 Å². The number of rotatable bonds is 7. The Labute approximate surface area is 179 Å². The molecule has 0 aliphatic carbocycles. The SMILES string of the molecule is CC(C)C(NS(=O)(=O)c1ccccc1)C(=O)N1CCN(S(=O)(=O)N2CCCC2)CC1. The molecule has 1 atom stereocenters. The number of carbonyl (C=O) groups excluding carboxylic acids is 1. The Kier molecular flexibility index (Phi) is 7.18. The van der Waals surface area contributed by atoms with E-state index in [2.05, 4.69) is 4.72 Å². The lowest BCUT2D eigenvalue weighted by molar-refractivity contribution is -0.135. The van der Waals surface area contributed by atoms with Gasteiger partial charge < -0.3 is 4.90 Å². The zero-order valence-corrected chi connectivity index (χ0v) is 19.0. The van der Waals surface area contributed by atoms with Crippen LogP contribution in [0.3, 0.4) is 0 Å². The fourth-order valence-electron chi connectivity index (χ4n) is 3.72. The predicted octanol–water partition coefficient (Wildman–Crippen LogP) is 0.474. The highest BCUT2D eigenvalue weighted by atomic mass is 32.2. The highest BCUT2D eigenvalue weighted by Crippen LogP contribution is 2.19.